The van der Waals surface area contributed by atoms with Gasteiger partial charge in [-0.25, -0.2) is 0 Å². The summed E-state index contributed by atoms with van der Waals surface area (Å²) in [6, 6.07) is 22.7. The fourth-order valence-electron chi connectivity index (χ4n) is 3.55. The maximum atomic E-state index is 13.0. The molecule has 3 aromatic carbocycles. The highest BCUT2D eigenvalue weighted by Gasteiger charge is 2.24. The number of nitrogens with zero attached hydrogens (tertiary/aromatic N) is 1. The van der Waals surface area contributed by atoms with Crippen molar-refractivity contribution in [3.05, 3.63) is 109 Å². The normalized spacial score (nSPS) is 15.5. The Kier molecular flexibility index (Phi) is 8.39. The molecule has 0 aromatic heterocycles. The molecule has 1 saturated heterocycles. The predicted octanol–water partition coefficient (Wildman–Crippen LogP) is 7.37. The van der Waals surface area contributed by atoms with Gasteiger partial charge in [0.1, 0.15) is 6.10 Å². The van der Waals surface area contributed by atoms with Gasteiger partial charge in [0.25, 0.3) is 5.91 Å². The van der Waals surface area contributed by atoms with Crippen LogP contribution in [0, 0.1) is 0 Å². The van der Waals surface area contributed by atoms with Gasteiger partial charge >= 0.3 is 0 Å². The zero-order valence-electron chi connectivity index (χ0n) is 17.7. The molecule has 1 amide bonds. The Balaban J connectivity index is 1.43. The average Bonchev–Trinajstić information content (AvgIpc) is 2.82. The minimum Gasteiger partial charge on any atom is -0.367 e. The molecule has 0 radical (unpaired) electrons. The molecule has 170 valence electrons. The second kappa shape index (κ2) is 11.5. The van der Waals surface area contributed by atoms with E-state index in [0.717, 1.165) is 27.3 Å². The number of rotatable bonds is 7. The number of hydrogen-bond donors (Lipinski definition) is 0. The number of carbonyl (C=O) groups is 1. The molecular weight excluding hydrogens is 497 g/mol. The fourth-order valence-corrected chi connectivity index (χ4v) is 4.93. The van der Waals surface area contributed by atoms with Crippen LogP contribution in [0.1, 0.15) is 22.8 Å². The molecule has 0 aliphatic carbocycles. The van der Waals surface area contributed by atoms with E-state index >= 15 is 0 Å². The Morgan fingerprint density at radius 2 is 1.36 bits per heavy atom. The summed E-state index contributed by atoms with van der Waals surface area (Å²) < 4.78 is 6.29. The Bertz CT molecular complexity index is 1070. The summed E-state index contributed by atoms with van der Waals surface area (Å²) in [7, 11) is 0. The minimum atomic E-state index is -0.280. The second-order valence-electron chi connectivity index (χ2n) is 7.55. The number of carbonyl (C=O) groups excluding carboxylic acids is 1. The first-order valence-electron chi connectivity index (χ1n) is 10.5. The lowest BCUT2D eigenvalue weighted by Crippen LogP contribution is -2.39. The van der Waals surface area contributed by atoms with Crippen molar-refractivity contribution in [2.75, 3.05) is 25.4 Å². The molecule has 3 nitrogen and oxygen atoms in total. The molecule has 0 bridgehead atoms. The first kappa shape index (κ1) is 24.2. The molecular formula is C26H22Cl3NO2S. The Morgan fingerprint density at radius 1 is 0.848 bits per heavy atom. The van der Waals surface area contributed by atoms with E-state index in [0.29, 0.717) is 34.8 Å². The van der Waals surface area contributed by atoms with Crippen molar-refractivity contribution in [3.8, 4) is 0 Å². The van der Waals surface area contributed by atoms with Gasteiger partial charge in [0, 0.05) is 33.9 Å². The summed E-state index contributed by atoms with van der Waals surface area (Å²) in [6.07, 6.45) is 1.64. The highest BCUT2D eigenvalue weighted by Crippen LogP contribution is 2.29. The third kappa shape index (κ3) is 6.56. The van der Waals surface area contributed by atoms with Gasteiger partial charge in [-0.05, 0) is 59.2 Å². The van der Waals surface area contributed by atoms with Crippen LogP contribution in [-0.4, -0.2) is 36.3 Å². The smallest absolute Gasteiger partial charge is 0.260 e. The van der Waals surface area contributed by atoms with Crippen LogP contribution in [0.2, 0.25) is 15.1 Å². The molecule has 1 aliphatic heterocycles. The van der Waals surface area contributed by atoms with Crippen LogP contribution in [0.5, 0.6) is 0 Å². The van der Waals surface area contributed by atoms with Crippen LogP contribution in [-0.2, 0) is 9.53 Å². The van der Waals surface area contributed by atoms with Crippen molar-refractivity contribution in [1.29, 1.82) is 0 Å². The number of amides is 1. The highest BCUT2D eigenvalue weighted by molar-refractivity contribution is 8.04. The van der Waals surface area contributed by atoms with Crippen molar-refractivity contribution in [2.45, 2.75) is 6.10 Å². The molecule has 33 heavy (non-hydrogen) atoms. The van der Waals surface area contributed by atoms with Gasteiger partial charge < -0.3 is 9.64 Å². The molecule has 3 aromatic rings. The zero-order chi connectivity index (χ0) is 23.2. The van der Waals surface area contributed by atoms with Crippen LogP contribution in [0.4, 0.5) is 0 Å². The maximum absolute atomic E-state index is 13.0. The maximum Gasteiger partial charge on any atom is 0.260 e. The molecule has 7 heteroatoms. The van der Waals surface area contributed by atoms with E-state index in [4.69, 9.17) is 39.5 Å². The minimum absolute atomic E-state index is 0.0272. The number of benzene rings is 3. The monoisotopic (exact) mass is 517 g/mol. The summed E-state index contributed by atoms with van der Waals surface area (Å²) in [5.74, 6) is 0.877. The SMILES string of the molecule is O=C1C(=Cc2ccc(Cl)cc2)SCCN1CCOC(c1ccc(Cl)cc1)c1ccc(Cl)cc1. The summed E-state index contributed by atoms with van der Waals surface area (Å²) in [5.41, 5.74) is 2.94. The number of thioether (sulfide) groups is 1. The van der Waals surface area contributed by atoms with Gasteiger partial charge in [-0.15, -0.1) is 11.8 Å². The zero-order valence-corrected chi connectivity index (χ0v) is 20.8. The van der Waals surface area contributed by atoms with E-state index in [-0.39, 0.29) is 12.0 Å². The predicted molar refractivity (Wildman–Crippen MR) is 139 cm³/mol. The lowest BCUT2D eigenvalue weighted by Gasteiger charge is -2.29. The lowest BCUT2D eigenvalue weighted by molar-refractivity contribution is -0.127. The van der Waals surface area contributed by atoms with Gasteiger partial charge in [0.2, 0.25) is 0 Å². The lowest BCUT2D eigenvalue weighted by atomic mass is 10.0. The number of ether oxygens (including phenoxy) is 1. The van der Waals surface area contributed by atoms with Crippen molar-refractivity contribution in [2.24, 2.45) is 0 Å². The van der Waals surface area contributed by atoms with Crippen LogP contribution in [0.25, 0.3) is 6.08 Å². The standard InChI is InChI=1S/C26H22Cl3NO2S/c27-21-7-1-18(2-8-21)17-24-26(31)30(14-16-33-24)13-15-32-25(19-3-9-22(28)10-4-19)20-5-11-23(29)12-6-20/h1-12,17,25H,13-16H2. The first-order valence-corrected chi connectivity index (χ1v) is 12.6. The van der Waals surface area contributed by atoms with Gasteiger partial charge in [-0.2, -0.15) is 0 Å². The van der Waals surface area contributed by atoms with E-state index in [1.165, 1.54) is 0 Å². The fraction of sp³-hybridized carbons (Fsp3) is 0.192. The van der Waals surface area contributed by atoms with Gasteiger partial charge in [-0.3, -0.25) is 4.79 Å². The first-order chi connectivity index (χ1) is 16.0. The Morgan fingerprint density at radius 3 is 1.91 bits per heavy atom. The average molecular weight is 519 g/mol. The molecule has 1 fully saturated rings. The van der Waals surface area contributed by atoms with Gasteiger partial charge in [0.05, 0.1) is 11.5 Å². The Hall–Kier alpha value is -1.95. The van der Waals surface area contributed by atoms with Crippen molar-refractivity contribution >= 4 is 58.5 Å². The molecule has 0 unspecified atom stereocenters. The summed E-state index contributed by atoms with van der Waals surface area (Å²) in [6.45, 7) is 1.60. The summed E-state index contributed by atoms with van der Waals surface area (Å²) in [4.78, 5) is 15.6. The van der Waals surface area contributed by atoms with Crippen LogP contribution >= 0.6 is 46.6 Å². The number of halogens is 3. The van der Waals surface area contributed by atoms with E-state index in [9.17, 15) is 4.79 Å². The number of hydrogen-bond acceptors (Lipinski definition) is 3. The van der Waals surface area contributed by atoms with E-state index in [1.54, 1.807) is 11.8 Å². The van der Waals surface area contributed by atoms with Crippen LogP contribution in [0.15, 0.2) is 77.7 Å². The van der Waals surface area contributed by atoms with Crippen molar-refractivity contribution < 1.29 is 9.53 Å². The molecule has 1 heterocycles. The molecule has 1 aliphatic rings. The molecule has 0 saturated carbocycles. The third-order valence-corrected chi connectivity index (χ3v) is 7.02. The van der Waals surface area contributed by atoms with E-state index < -0.39 is 0 Å². The highest BCUT2D eigenvalue weighted by atomic mass is 35.5. The van der Waals surface area contributed by atoms with E-state index in [1.807, 2.05) is 83.8 Å². The van der Waals surface area contributed by atoms with Gasteiger partial charge in [0.15, 0.2) is 0 Å². The molecule has 0 atom stereocenters. The van der Waals surface area contributed by atoms with Crippen LogP contribution in [0.3, 0.4) is 0 Å². The van der Waals surface area contributed by atoms with Crippen molar-refractivity contribution in [3.63, 3.8) is 0 Å². The summed E-state index contributed by atoms with van der Waals surface area (Å²) >= 11 is 19.7. The topological polar surface area (TPSA) is 29.5 Å². The van der Waals surface area contributed by atoms with Crippen molar-refractivity contribution in [1.82, 2.24) is 4.90 Å². The second-order valence-corrected chi connectivity index (χ2v) is 10.0. The third-order valence-electron chi connectivity index (χ3n) is 5.28. The van der Waals surface area contributed by atoms with Gasteiger partial charge in [-0.1, -0.05) is 71.2 Å². The molecule has 0 spiro atoms. The Labute approximate surface area is 213 Å². The largest absolute Gasteiger partial charge is 0.367 e. The molecule has 0 N–H and O–H groups in total. The summed E-state index contributed by atoms with van der Waals surface area (Å²) in [5, 5.41) is 2.02. The van der Waals surface area contributed by atoms with E-state index in [2.05, 4.69) is 0 Å². The molecule has 4 rings (SSSR count). The van der Waals surface area contributed by atoms with Crippen LogP contribution < -0.4 is 0 Å². The quantitative estimate of drug-likeness (QED) is 0.306.